The van der Waals surface area contributed by atoms with Gasteiger partial charge in [-0.3, -0.25) is 14.3 Å². The van der Waals surface area contributed by atoms with E-state index in [4.69, 9.17) is 4.42 Å². The molecule has 0 aliphatic carbocycles. The third-order valence-electron chi connectivity index (χ3n) is 7.08. The number of hydrogen-bond acceptors (Lipinski definition) is 6. The van der Waals surface area contributed by atoms with Crippen LogP contribution < -0.4 is 11.1 Å². The highest BCUT2D eigenvalue weighted by Crippen LogP contribution is 2.26. The van der Waals surface area contributed by atoms with Crippen molar-refractivity contribution < 1.29 is 17.6 Å². The van der Waals surface area contributed by atoms with E-state index in [1.54, 1.807) is 13.1 Å². The molecule has 2 aromatic rings. The van der Waals surface area contributed by atoms with E-state index in [0.29, 0.717) is 37.5 Å². The molecule has 2 saturated heterocycles. The van der Waals surface area contributed by atoms with Crippen molar-refractivity contribution in [3.05, 3.63) is 28.7 Å². The van der Waals surface area contributed by atoms with Crippen LogP contribution in [0.1, 0.15) is 45.4 Å². The van der Waals surface area contributed by atoms with E-state index >= 15 is 0 Å². The van der Waals surface area contributed by atoms with Gasteiger partial charge in [0.05, 0.1) is 16.3 Å². The van der Waals surface area contributed by atoms with Crippen LogP contribution in [0.25, 0.3) is 11.1 Å². The van der Waals surface area contributed by atoms with E-state index in [-0.39, 0.29) is 28.8 Å². The third kappa shape index (κ3) is 5.02. The summed E-state index contributed by atoms with van der Waals surface area (Å²) in [5.41, 5.74) is 0.770. The Morgan fingerprint density at radius 1 is 1.18 bits per heavy atom. The number of likely N-dealkylation sites (tertiary alicyclic amines) is 1. The van der Waals surface area contributed by atoms with Crippen molar-refractivity contribution in [1.29, 1.82) is 0 Å². The first-order valence-corrected chi connectivity index (χ1v) is 13.4. The molecule has 2 atom stereocenters. The first-order chi connectivity index (χ1) is 15.8. The maximum absolute atomic E-state index is 13.2. The number of nitrogens with zero attached hydrogens (tertiary/aromatic N) is 3. The minimum absolute atomic E-state index is 0.0705. The summed E-state index contributed by atoms with van der Waals surface area (Å²) in [6.45, 7) is 5.24. The zero-order valence-corrected chi connectivity index (χ0v) is 20.3. The minimum atomic E-state index is -3.80. The van der Waals surface area contributed by atoms with Crippen LogP contribution in [0.2, 0.25) is 0 Å². The number of rotatable bonds is 7. The molecule has 0 radical (unpaired) electrons. The minimum Gasteiger partial charge on any atom is -0.408 e. The van der Waals surface area contributed by atoms with Gasteiger partial charge in [-0.25, -0.2) is 13.2 Å². The molecule has 0 spiro atoms. The SMILES string of the molecule is CC[C@@H]1CCCCN1CCNC(=O)[C@H]1CCCN(S(=O)(=O)c2ccc3c(c2)oc(=O)n3C)C1. The van der Waals surface area contributed by atoms with Gasteiger partial charge in [0.15, 0.2) is 5.58 Å². The number of sulfonamides is 1. The van der Waals surface area contributed by atoms with Crippen LogP contribution in [0, 0.1) is 5.92 Å². The topological polar surface area (TPSA) is 105 Å². The van der Waals surface area contributed by atoms with Crippen molar-refractivity contribution in [3.8, 4) is 0 Å². The maximum Gasteiger partial charge on any atom is 0.419 e. The number of amides is 1. The van der Waals surface area contributed by atoms with Gasteiger partial charge in [0.2, 0.25) is 15.9 Å². The summed E-state index contributed by atoms with van der Waals surface area (Å²) < 4.78 is 34.3. The predicted octanol–water partition coefficient (Wildman–Crippen LogP) is 1.91. The molecule has 1 aromatic carbocycles. The number of benzene rings is 1. The molecule has 0 unspecified atom stereocenters. The summed E-state index contributed by atoms with van der Waals surface area (Å²) in [5, 5.41) is 3.03. The Bertz CT molecular complexity index is 1160. The van der Waals surface area contributed by atoms with Crippen LogP contribution in [0.4, 0.5) is 0 Å². The third-order valence-corrected chi connectivity index (χ3v) is 8.94. The fourth-order valence-corrected chi connectivity index (χ4v) is 6.62. The van der Waals surface area contributed by atoms with Crippen LogP contribution in [0.15, 0.2) is 32.3 Å². The molecule has 182 valence electrons. The number of carbonyl (C=O) groups excluding carboxylic acids is 1. The van der Waals surface area contributed by atoms with Crippen molar-refractivity contribution in [2.24, 2.45) is 13.0 Å². The van der Waals surface area contributed by atoms with Crippen LogP contribution in [0.3, 0.4) is 0 Å². The molecule has 0 saturated carbocycles. The first-order valence-electron chi connectivity index (χ1n) is 11.9. The van der Waals surface area contributed by atoms with E-state index in [0.717, 1.165) is 19.5 Å². The Kier molecular flexibility index (Phi) is 7.25. The number of nitrogens with one attached hydrogen (secondary N) is 1. The lowest BCUT2D eigenvalue weighted by atomic mass is 9.98. The summed E-state index contributed by atoms with van der Waals surface area (Å²) in [6, 6.07) is 5.04. The molecule has 9 nitrogen and oxygen atoms in total. The van der Waals surface area contributed by atoms with Crippen LogP contribution in [-0.4, -0.2) is 66.9 Å². The van der Waals surface area contributed by atoms with Gasteiger partial charge in [0.1, 0.15) is 0 Å². The lowest BCUT2D eigenvalue weighted by molar-refractivity contribution is -0.126. The zero-order chi connectivity index (χ0) is 23.6. The maximum atomic E-state index is 13.2. The molecule has 1 amide bonds. The van der Waals surface area contributed by atoms with Gasteiger partial charge in [0, 0.05) is 45.3 Å². The highest BCUT2D eigenvalue weighted by Gasteiger charge is 2.33. The molecule has 2 aliphatic heterocycles. The van der Waals surface area contributed by atoms with Gasteiger partial charge in [-0.15, -0.1) is 0 Å². The van der Waals surface area contributed by atoms with E-state index in [1.807, 2.05) is 0 Å². The Morgan fingerprint density at radius 2 is 2.00 bits per heavy atom. The fraction of sp³-hybridized carbons (Fsp3) is 0.652. The molecule has 3 heterocycles. The zero-order valence-electron chi connectivity index (χ0n) is 19.5. The van der Waals surface area contributed by atoms with Crippen LogP contribution in [0.5, 0.6) is 0 Å². The Morgan fingerprint density at radius 3 is 2.79 bits per heavy atom. The van der Waals surface area contributed by atoms with Crippen molar-refractivity contribution in [2.75, 3.05) is 32.7 Å². The highest BCUT2D eigenvalue weighted by molar-refractivity contribution is 7.89. The molecular weight excluding hydrogens is 444 g/mol. The molecule has 1 N–H and O–H groups in total. The lowest BCUT2D eigenvalue weighted by Crippen LogP contribution is -2.47. The predicted molar refractivity (Wildman–Crippen MR) is 125 cm³/mol. The van der Waals surface area contributed by atoms with Crippen molar-refractivity contribution in [1.82, 2.24) is 19.1 Å². The lowest BCUT2D eigenvalue weighted by Gasteiger charge is -2.35. The van der Waals surface area contributed by atoms with Crippen molar-refractivity contribution >= 4 is 27.0 Å². The number of aryl methyl sites for hydroxylation is 1. The van der Waals surface area contributed by atoms with E-state index in [9.17, 15) is 18.0 Å². The number of piperidine rings is 2. The number of fused-ring (bicyclic) bond motifs is 1. The molecule has 4 rings (SSSR count). The fourth-order valence-electron chi connectivity index (χ4n) is 5.08. The molecular formula is C23H34N4O5S. The van der Waals surface area contributed by atoms with Crippen molar-refractivity contribution in [3.63, 3.8) is 0 Å². The van der Waals surface area contributed by atoms with Gasteiger partial charge >= 0.3 is 5.76 Å². The highest BCUT2D eigenvalue weighted by atomic mass is 32.2. The van der Waals surface area contributed by atoms with Gasteiger partial charge in [-0.05, 0) is 50.8 Å². The van der Waals surface area contributed by atoms with Crippen LogP contribution in [-0.2, 0) is 21.9 Å². The molecule has 2 fully saturated rings. The Hall–Kier alpha value is -2.17. The van der Waals surface area contributed by atoms with Gasteiger partial charge in [-0.1, -0.05) is 13.3 Å². The van der Waals surface area contributed by atoms with Crippen LogP contribution >= 0.6 is 0 Å². The average Bonchev–Trinajstić information content (AvgIpc) is 3.12. The van der Waals surface area contributed by atoms with Gasteiger partial charge in [-0.2, -0.15) is 4.31 Å². The second-order valence-corrected chi connectivity index (χ2v) is 11.1. The number of oxazole rings is 1. The summed E-state index contributed by atoms with van der Waals surface area (Å²) in [5.74, 6) is -0.983. The number of carbonyl (C=O) groups is 1. The second kappa shape index (κ2) is 9.99. The van der Waals surface area contributed by atoms with E-state index < -0.39 is 15.8 Å². The van der Waals surface area contributed by atoms with Gasteiger partial charge in [0.25, 0.3) is 0 Å². The molecule has 1 aromatic heterocycles. The Balaban J connectivity index is 1.38. The second-order valence-electron chi connectivity index (χ2n) is 9.14. The van der Waals surface area contributed by atoms with E-state index in [1.165, 1.54) is 40.3 Å². The average molecular weight is 479 g/mol. The normalized spacial score (nSPS) is 23.1. The molecule has 2 aliphatic rings. The first kappa shape index (κ1) is 24.0. The van der Waals surface area contributed by atoms with Crippen molar-refractivity contribution in [2.45, 2.75) is 56.4 Å². The monoisotopic (exact) mass is 478 g/mol. The Labute approximate surface area is 194 Å². The largest absolute Gasteiger partial charge is 0.419 e. The molecule has 10 heteroatoms. The number of hydrogen-bond donors (Lipinski definition) is 1. The quantitative estimate of drug-likeness (QED) is 0.652. The summed E-state index contributed by atoms with van der Waals surface area (Å²) >= 11 is 0. The van der Waals surface area contributed by atoms with Gasteiger partial charge < -0.3 is 9.73 Å². The summed E-state index contributed by atoms with van der Waals surface area (Å²) in [7, 11) is -2.22. The number of aromatic nitrogens is 1. The summed E-state index contributed by atoms with van der Waals surface area (Å²) in [6.07, 6.45) is 6.13. The molecule has 33 heavy (non-hydrogen) atoms. The standard InChI is InChI=1S/C23H34N4O5S/c1-3-18-8-4-5-12-26(18)14-11-24-22(28)17-7-6-13-27(16-17)33(30,31)19-9-10-20-21(15-19)32-23(29)25(20)2/h9-10,15,17-18H,3-8,11-14,16H2,1-2H3,(H,24,28)/t17-,18+/m0/s1. The molecule has 0 bridgehead atoms. The van der Waals surface area contributed by atoms with E-state index in [2.05, 4.69) is 17.1 Å². The summed E-state index contributed by atoms with van der Waals surface area (Å²) in [4.78, 5) is 27.1. The smallest absolute Gasteiger partial charge is 0.408 e.